The van der Waals surface area contributed by atoms with Gasteiger partial charge in [-0.1, -0.05) is 101 Å². The van der Waals surface area contributed by atoms with E-state index in [4.69, 9.17) is 0 Å². The molecule has 0 aliphatic carbocycles. The van der Waals surface area contributed by atoms with E-state index in [-0.39, 0.29) is 0 Å². The highest BCUT2D eigenvalue weighted by Crippen LogP contribution is 2.32. The molecule has 0 saturated carbocycles. The number of rotatable bonds is 13. The number of hydrogen-bond acceptors (Lipinski definition) is 4. The van der Waals surface area contributed by atoms with Crippen molar-refractivity contribution in [3.63, 3.8) is 0 Å². The third-order valence-electron chi connectivity index (χ3n) is 8.30. The molecule has 2 heterocycles. The maximum Gasteiger partial charge on any atom is 0.110 e. The second-order valence-electron chi connectivity index (χ2n) is 11.7. The van der Waals surface area contributed by atoms with Crippen molar-refractivity contribution in [3.8, 4) is 46.9 Å². The van der Waals surface area contributed by atoms with Crippen LogP contribution in [-0.2, 0) is 25.7 Å². The second kappa shape index (κ2) is 18.2. The van der Waals surface area contributed by atoms with E-state index in [1.807, 2.05) is 0 Å². The molecule has 2 nitrogen and oxygen atoms in total. The van der Waals surface area contributed by atoms with Crippen molar-refractivity contribution in [1.82, 2.24) is 0 Å². The van der Waals surface area contributed by atoms with Gasteiger partial charge >= 0.3 is 0 Å². The van der Waals surface area contributed by atoms with Crippen LogP contribution in [0.1, 0.15) is 132 Å². The van der Waals surface area contributed by atoms with Crippen molar-refractivity contribution < 1.29 is 0 Å². The highest BCUT2D eigenvalue weighted by Gasteiger charge is 2.17. The Labute approximate surface area is 285 Å². The lowest BCUT2D eigenvalue weighted by Gasteiger charge is -2.05. The summed E-state index contributed by atoms with van der Waals surface area (Å²) in [5.74, 6) is 13.6. The maximum absolute atomic E-state index is 9.78. The van der Waals surface area contributed by atoms with E-state index in [1.54, 1.807) is 22.7 Å². The van der Waals surface area contributed by atoms with Crippen molar-refractivity contribution in [2.24, 2.45) is 0 Å². The van der Waals surface area contributed by atoms with E-state index < -0.39 is 0 Å². The lowest BCUT2D eigenvalue weighted by atomic mass is 9.98. The smallest absolute Gasteiger partial charge is 0.110 e. The van der Waals surface area contributed by atoms with Gasteiger partial charge in [-0.05, 0) is 109 Å². The molecule has 0 unspecified atom stereocenters. The Morgan fingerprint density at radius 2 is 0.739 bits per heavy atom. The van der Waals surface area contributed by atoms with Crippen LogP contribution in [0.5, 0.6) is 0 Å². The molecule has 2 aromatic heterocycles. The molecule has 0 aliphatic heterocycles. The van der Waals surface area contributed by atoms with Gasteiger partial charge in [-0.25, -0.2) is 0 Å². The molecular formula is C42H44N2S2. The van der Waals surface area contributed by atoms with Gasteiger partial charge in [-0.15, -0.1) is 22.7 Å². The molecule has 234 valence electrons. The standard InChI is InChI=1S/C42H44N2S2/c1-5-9-13-35-37(15-11-7-3)41(29-43)45-39(35)27-21-31-17-23-33(24-18-31)34-25-19-32(20-26-34)22-28-40-36(14-10-6-2)38(16-12-8-4)42(30-44)46-40/h17-20,23-26H,5-16H2,1-4H3. The summed E-state index contributed by atoms with van der Waals surface area (Å²) in [6.45, 7) is 8.82. The van der Waals surface area contributed by atoms with Crippen LogP contribution in [0.3, 0.4) is 0 Å². The van der Waals surface area contributed by atoms with Gasteiger partial charge in [-0.3, -0.25) is 0 Å². The molecule has 0 radical (unpaired) electrons. The molecule has 0 aliphatic rings. The predicted molar refractivity (Wildman–Crippen MR) is 196 cm³/mol. The first-order valence-corrected chi connectivity index (χ1v) is 18.5. The molecule has 4 rings (SSSR count). The molecule has 2 aromatic carbocycles. The fourth-order valence-corrected chi connectivity index (χ4v) is 7.70. The number of nitrogens with zero attached hydrogens (tertiary/aromatic N) is 2. The third-order valence-corrected chi connectivity index (χ3v) is 10.5. The van der Waals surface area contributed by atoms with Crippen LogP contribution in [0.15, 0.2) is 48.5 Å². The van der Waals surface area contributed by atoms with Crippen LogP contribution in [0.25, 0.3) is 11.1 Å². The van der Waals surface area contributed by atoms with Crippen molar-refractivity contribution in [1.29, 1.82) is 10.5 Å². The third kappa shape index (κ3) is 9.02. The summed E-state index contributed by atoms with van der Waals surface area (Å²) in [5.41, 5.74) is 9.26. The van der Waals surface area contributed by atoms with Crippen LogP contribution in [0, 0.1) is 46.3 Å². The maximum atomic E-state index is 9.78. The molecule has 46 heavy (non-hydrogen) atoms. The zero-order chi connectivity index (χ0) is 32.7. The lowest BCUT2D eigenvalue weighted by Crippen LogP contribution is -1.95. The molecule has 0 amide bonds. The van der Waals surface area contributed by atoms with Gasteiger partial charge in [0.05, 0.1) is 9.75 Å². The van der Waals surface area contributed by atoms with Crippen LogP contribution >= 0.6 is 22.7 Å². The number of nitriles is 2. The number of hydrogen-bond donors (Lipinski definition) is 0. The Bertz CT molecular complexity index is 1660. The molecule has 0 fully saturated rings. The van der Waals surface area contributed by atoms with Gasteiger partial charge in [-0.2, -0.15) is 10.5 Å². The Morgan fingerprint density at radius 1 is 0.435 bits per heavy atom. The second-order valence-corrected chi connectivity index (χ2v) is 13.8. The summed E-state index contributed by atoms with van der Waals surface area (Å²) in [6.07, 6.45) is 12.8. The number of benzene rings is 2. The van der Waals surface area contributed by atoms with Gasteiger partial charge < -0.3 is 0 Å². The van der Waals surface area contributed by atoms with E-state index in [0.29, 0.717) is 0 Å². The van der Waals surface area contributed by atoms with E-state index in [9.17, 15) is 10.5 Å². The summed E-state index contributed by atoms with van der Waals surface area (Å²) >= 11 is 3.12. The van der Waals surface area contributed by atoms with Crippen LogP contribution in [0.2, 0.25) is 0 Å². The van der Waals surface area contributed by atoms with Gasteiger partial charge in [0.15, 0.2) is 0 Å². The monoisotopic (exact) mass is 640 g/mol. The fraction of sp³-hybridized carbons (Fsp3) is 0.381. The first-order chi connectivity index (χ1) is 22.6. The van der Waals surface area contributed by atoms with E-state index in [1.165, 1.54) is 22.3 Å². The molecule has 0 N–H and O–H groups in total. The zero-order valence-electron chi connectivity index (χ0n) is 27.8. The average Bonchev–Trinajstić information content (AvgIpc) is 3.62. The van der Waals surface area contributed by atoms with Gasteiger partial charge in [0, 0.05) is 11.1 Å². The summed E-state index contributed by atoms with van der Waals surface area (Å²) in [4.78, 5) is 3.78. The number of thiophene rings is 2. The highest BCUT2D eigenvalue weighted by atomic mass is 32.1. The van der Waals surface area contributed by atoms with Crippen LogP contribution in [-0.4, -0.2) is 0 Å². The first-order valence-electron chi connectivity index (χ1n) is 16.9. The minimum absolute atomic E-state index is 0.836. The molecule has 0 saturated heterocycles. The van der Waals surface area contributed by atoms with E-state index in [0.717, 1.165) is 119 Å². The molecule has 0 bridgehead atoms. The van der Waals surface area contributed by atoms with Crippen molar-refractivity contribution in [2.75, 3.05) is 0 Å². The Kier molecular flexibility index (Phi) is 13.8. The SMILES string of the molecule is CCCCc1c(C#N)sc(C#Cc2ccc(-c3ccc(C#Cc4sc(C#N)c(CCCC)c4CCCC)cc3)cc2)c1CCCC. The Hall–Kier alpha value is -4.06. The molecule has 0 spiro atoms. The van der Waals surface area contributed by atoms with Gasteiger partial charge in [0.1, 0.15) is 21.9 Å². The van der Waals surface area contributed by atoms with Crippen molar-refractivity contribution in [2.45, 2.75) is 105 Å². The largest absolute Gasteiger partial charge is 0.192 e. The van der Waals surface area contributed by atoms with Gasteiger partial charge in [0.2, 0.25) is 0 Å². The normalized spacial score (nSPS) is 10.4. The molecular weight excluding hydrogens is 597 g/mol. The van der Waals surface area contributed by atoms with Crippen molar-refractivity contribution >= 4 is 22.7 Å². The minimum Gasteiger partial charge on any atom is -0.192 e. The summed E-state index contributed by atoms with van der Waals surface area (Å²) in [6, 6.07) is 21.7. The van der Waals surface area contributed by atoms with E-state index >= 15 is 0 Å². The molecule has 0 atom stereocenters. The molecule has 4 heteroatoms. The quantitative estimate of drug-likeness (QED) is 0.137. The fourth-order valence-electron chi connectivity index (χ4n) is 5.60. The summed E-state index contributed by atoms with van der Waals surface area (Å²) < 4.78 is 0. The topological polar surface area (TPSA) is 47.6 Å². The zero-order valence-corrected chi connectivity index (χ0v) is 29.4. The van der Waals surface area contributed by atoms with Crippen LogP contribution in [0.4, 0.5) is 0 Å². The summed E-state index contributed by atoms with van der Waals surface area (Å²) in [5, 5.41) is 19.6. The average molecular weight is 641 g/mol. The highest BCUT2D eigenvalue weighted by molar-refractivity contribution is 7.13. The van der Waals surface area contributed by atoms with Crippen LogP contribution < -0.4 is 0 Å². The number of unbranched alkanes of at least 4 members (excludes halogenated alkanes) is 4. The Morgan fingerprint density at radius 3 is 1.02 bits per heavy atom. The first kappa shape index (κ1) is 34.8. The lowest BCUT2D eigenvalue weighted by molar-refractivity contribution is 0.760. The van der Waals surface area contributed by atoms with E-state index in [2.05, 4.69) is 112 Å². The van der Waals surface area contributed by atoms with Crippen molar-refractivity contribution in [3.05, 3.63) is 101 Å². The van der Waals surface area contributed by atoms with Gasteiger partial charge in [0.25, 0.3) is 0 Å². The minimum atomic E-state index is 0.836. The Balaban J connectivity index is 1.52. The summed E-state index contributed by atoms with van der Waals surface area (Å²) in [7, 11) is 0. The molecule has 4 aromatic rings. The predicted octanol–water partition coefficient (Wildman–Crippen LogP) is 11.4.